The highest BCUT2D eigenvalue weighted by Gasteiger charge is 2.26. The average molecular weight is 441 g/mol. The van der Waals surface area contributed by atoms with Gasteiger partial charge in [-0.05, 0) is 44.0 Å². The number of aromatic nitrogens is 2. The van der Waals surface area contributed by atoms with E-state index in [1.807, 2.05) is 20.0 Å². The lowest BCUT2D eigenvalue weighted by molar-refractivity contribution is 0.0950. The Morgan fingerprint density at radius 2 is 2.00 bits per heavy atom. The van der Waals surface area contributed by atoms with Gasteiger partial charge < -0.3 is 10.1 Å². The summed E-state index contributed by atoms with van der Waals surface area (Å²) in [6.07, 6.45) is 2.28. The summed E-state index contributed by atoms with van der Waals surface area (Å²) in [5, 5.41) is 7.48. The number of rotatable bonds is 6. The summed E-state index contributed by atoms with van der Waals surface area (Å²) in [6, 6.07) is 6.82. The van der Waals surface area contributed by atoms with Crippen LogP contribution in [-0.2, 0) is 23.6 Å². The second-order valence-electron chi connectivity index (χ2n) is 7.21. The number of benzene rings is 1. The lowest BCUT2D eigenvalue weighted by atomic mass is 10.1. The van der Waals surface area contributed by atoms with Crippen molar-refractivity contribution in [3.05, 3.63) is 46.2 Å². The molecular weight excluding hydrogens is 416 g/mol. The number of nitrogens with one attached hydrogen (secondary N) is 1. The predicted octanol–water partition coefficient (Wildman–Crippen LogP) is 2.11. The van der Waals surface area contributed by atoms with Gasteiger partial charge in [0.05, 0.1) is 23.5 Å². The first-order valence-corrected chi connectivity index (χ1v) is 11.5. The average Bonchev–Trinajstić information content (AvgIpc) is 2.99. The summed E-state index contributed by atoms with van der Waals surface area (Å²) in [6.45, 7) is 3.13. The fourth-order valence-electron chi connectivity index (χ4n) is 3.19. The highest BCUT2D eigenvalue weighted by molar-refractivity contribution is 7.88. The normalized spacial score (nSPS) is 16.0. The minimum Gasteiger partial charge on any atom is -0.489 e. The molecule has 1 aliphatic heterocycles. The molecule has 158 valence electrons. The molecule has 1 aromatic heterocycles. The lowest BCUT2D eigenvalue weighted by Gasteiger charge is -2.30. The second-order valence-corrected chi connectivity index (χ2v) is 9.60. The largest absolute Gasteiger partial charge is 0.489 e. The molecule has 0 spiro atoms. The molecule has 10 heteroatoms. The van der Waals surface area contributed by atoms with Crippen molar-refractivity contribution in [1.82, 2.24) is 19.4 Å². The topological polar surface area (TPSA) is 93.5 Å². The van der Waals surface area contributed by atoms with Crippen LogP contribution in [-0.4, -0.2) is 53.9 Å². The van der Waals surface area contributed by atoms with Gasteiger partial charge >= 0.3 is 0 Å². The van der Waals surface area contributed by atoms with Gasteiger partial charge in [0.15, 0.2) is 0 Å². The molecule has 0 unspecified atom stereocenters. The highest BCUT2D eigenvalue weighted by atomic mass is 35.5. The van der Waals surface area contributed by atoms with Crippen LogP contribution in [0.1, 0.15) is 34.6 Å². The Hall–Kier alpha value is -2.10. The van der Waals surface area contributed by atoms with Crippen molar-refractivity contribution in [3.63, 3.8) is 0 Å². The van der Waals surface area contributed by atoms with Gasteiger partial charge in [-0.15, -0.1) is 0 Å². The molecule has 2 heterocycles. The van der Waals surface area contributed by atoms with Crippen LogP contribution in [0.4, 0.5) is 0 Å². The molecule has 0 bridgehead atoms. The number of halogens is 1. The maximum Gasteiger partial charge on any atom is 0.251 e. The third-order valence-electron chi connectivity index (χ3n) is 4.95. The van der Waals surface area contributed by atoms with E-state index in [2.05, 4.69) is 10.4 Å². The highest BCUT2D eigenvalue weighted by Crippen LogP contribution is 2.28. The molecule has 0 radical (unpaired) electrons. The number of hydrogen-bond acceptors (Lipinski definition) is 5. The Morgan fingerprint density at radius 3 is 2.55 bits per heavy atom. The lowest BCUT2D eigenvalue weighted by Crippen LogP contribution is -2.41. The summed E-state index contributed by atoms with van der Waals surface area (Å²) < 4.78 is 32.3. The molecule has 1 aromatic carbocycles. The number of hydrogen-bond donors (Lipinski definition) is 1. The van der Waals surface area contributed by atoms with E-state index in [1.165, 1.54) is 10.6 Å². The number of piperidine rings is 1. The first-order valence-electron chi connectivity index (χ1n) is 9.32. The molecule has 1 N–H and O–H groups in total. The summed E-state index contributed by atoms with van der Waals surface area (Å²) in [4.78, 5) is 12.4. The Bertz CT molecular complexity index is 978. The van der Waals surface area contributed by atoms with Gasteiger partial charge in [0, 0.05) is 31.4 Å². The van der Waals surface area contributed by atoms with E-state index in [0.29, 0.717) is 48.8 Å². The number of carbonyl (C=O) groups is 1. The molecule has 1 saturated heterocycles. The van der Waals surface area contributed by atoms with Crippen LogP contribution < -0.4 is 10.1 Å². The maximum absolute atomic E-state index is 12.4. The van der Waals surface area contributed by atoms with Crippen LogP contribution in [0.3, 0.4) is 0 Å². The van der Waals surface area contributed by atoms with E-state index in [4.69, 9.17) is 16.3 Å². The third-order valence-corrected chi connectivity index (χ3v) is 6.55. The zero-order chi connectivity index (χ0) is 21.2. The smallest absolute Gasteiger partial charge is 0.251 e. The van der Waals surface area contributed by atoms with E-state index in [9.17, 15) is 13.2 Å². The molecule has 29 heavy (non-hydrogen) atoms. The summed E-state index contributed by atoms with van der Waals surface area (Å²) in [7, 11) is -1.32. The fourth-order valence-corrected chi connectivity index (χ4v) is 4.29. The number of nitrogens with zero attached hydrogens (tertiary/aromatic N) is 3. The zero-order valence-electron chi connectivity index (χ0n) is 16.7. The Labute approximate surface area is 175 Å². The van der Waals surface area contributed by atoms with E-state index in [-0.39, 0.29) is 12.0 Å². The van der Waals surface area contributed by atoms with Crippen molar-refractivity contribution in [2.45, 2.75) is 32.4 Å². The molecule has 0 saturated carbocycles. The summed E-state index contributed by atoms with van der Waals surface area (Å²) >= 11 is 6.31. The number of aryl methyl sites for hydroxylation is 2. The molecule has 1 amide bonds. The Morgan fingerprint density at radius 1 is 1.31 bits per heavy atom. The Kier molecular flexibility index (Phi) is 6.50. The van der Waals surface area contributed by atoms with Crippen LogP contribution in [0.5, 0.6) is 5.75 Å². The monoisotopic (exact) mass is 440 g/mol. The number of sulfonamides is 1. The van der Waals surface area contributed by atoms with Gasteiger partial charge in [-0.3, -0.25) is 9.48 Å². The number of ether oxygens (including phenoxy) is 1. The van der Waals surface area contributed by atoms with Crippen LogP contribution >= 0.6 is 11.6 Å². The molecule has 2 aromatic rings. The summed E-state index contributed by atoms with van der Waals surface area (Å²) in [5.74, 6) is 0.240. The molecule has 1 aliphatic rings. The number of carbonyl (C=O) groups excluding carboxylic acids is 1. The van der Waals surface area contributed by atoms with E-state index in [0.717, 1.165) is 11.4 Å². The first-order chi connectivity index (χ1) is 13.6. The first kappa shape index (κ1) is 21.6. The molecule has 0 aliphatic carbocycles. The molecule has 3 rings (SSSR count). The predicted molar refractivity (Wildman–Crippen MR) is 111 cm³/mol. The van der Waals surface area contributed by atoms with Gasteiger partial charge in [0.25, 0.3) is 5.91 Å². The molecule has 8 nitrogen and oxygen atoms in total. The van der Waals surface area contributed by atoms with Gasteiger partial charge in [-0.2, -0.15) is 5.10 Å². The number of amides is 1. The minimum atomic E-state index is -3.17. The van der Waals surface area contributed by atoms with Crippen LogP contribution in [0.25, 0.3) is 0 Å². The van der Waals surface area contributed by atoms with Crippen molar-refractivity contribution in [3.8, 4) is 5.75 Å². The van der Waals surface area contributed by atoms with E-state index >= 15 is 0 Å². The van der Waals surface area contributed by atoms with Crippen molar-refractivity contribution in [1.29, 1.82) is 0 Å². The fraction of sp³-hybridized carbons (Fsp3) is 0.474. The SMILES string of the molecule is Cc1cc(CNC(=O)c2ccc(OC3CCN(S(C)(=O)=O)CC3)c(Cl)c2)nn1C. The van der Waals surface area contributed by atoms with Crippen LogP contribution in [0, 0.1) is 6.92 Å². The maximum atomic E-state index is 12.4. The Balaban J connectivity index is 1.56. The molecule has 1 fully saturated rings. The summed E-state index contributed by atoms with van der Waals surface area (Å²) in [5.41, 5.74) is 2.23. The van der Waals surface area contributed by atoms with E-state index in [1.54, 1.807) is 22.9 Å². The van der Waals surface area contributed by atoms with Gasteiger partial charge in [0.2, 0.25) is 10.0 Å². The van der Waals surface area contributed by atoms with Crippen molar-refractivity contribution >= 4 is 27.5 Å². The van der Waals surface area contributed by atoms with Gasteiger partial charge in [0.1, 0.15) is 11.9 Å². The quantitative estimate of drug-likeness (QED) is 0.742. The molecular formula is C19H25ClN4O4S. The minimum absolute atomic E-state index is 0.113. The van der Waals surface area contributed by atoms with Gasteiger partial charge in [-0.1, -0.05) is 11.6 Å². The third kappa shape index (κ3) is 5.49. The van der Waals surface area contributed by atoms with Crippen LogP contribution in [0.2, 0.25) is 5.02 Å². The second kappa shape index (κ2) is 8.73. The van der Waals surface area contributed by atoms with Gasteiger partial charge in [-0.25, -0.2) is 12.7 Å². The zero-order valence-corrected chi connectivity index (χ0v) is 18.3. The van der Waals surface area contributed by atoms with E-state index < -0.39 is 10.0 Å². The van der Waals surface area contributed by atoms with Crippen molar-refractivity contribution < 1.29 is 17.9 Å². The van der Waals surface area contributed by atoms with Crippen LogP contribution in [0.15, 0.2) is 24.3 Å². The molecule has 0 atom stereocenters. The van der Waals surface area contributed by atoms with Crippen molar-refractivity contribution in [2.24, 2.45) is 7.05 Å². The standard InChI is InChI=1S/C19H25ClN4O4S/c1-13-10-15(22-23(13)2)12-21-19(25)14-4-5-18(17(20)11-14)28-16-6-8-24(9-7-16)29(3,26)27/h4-5,10-11,16H,6-9,12H2,1-3H3,(H,21,25). The van der Waals surface area contributed by atoms with Crippen molar-refractivity contribution in [2.75, 3.05) is 19.3 Å².